The first-order valence-corrected chi connectivity index (χ1v) is 5.25. The molecule has 0 unspecified atom stereocenters. The van der Waals surface area contributed by atoms with E-state index in [0.717, 1.165) is 0 Å². The van der Waals surface area contributed by atoms with Crippen molar-refractivity contribution in [2.75, 3.05) is 18.0 Å². The van der Waals surface area contributed by atoms with E-state index < -0.39 is 0 Å². The maximum atomic E-state index is 11.2. The number of hydrogen-bond acceptors (Lipinski definition) is 4. The first-order chi connectivity index (χ1) is 8.10. The highest BCUT2D eigenvalue weighted by Gasteiger charge is 2.24. The Hall–Kier alpha value is -2.06. The highest BCUT2D eigenvalue weighted by atomic mass is 35.5. The van der Waals surface area contributed by atoms with E-state index >= 15 is 0 Å². The number of anilines is 1. The fraction of sp³-hybridized carbons (Fsp3) is 0.182. The van der Waals surface area contributed by atoms with Crippen molar-refractivity contribution in [1.82, 2.24) is 5.32 Å². The molecule has 6 heteroatoms. The topological polar surface area (TPSA) is 73.2 Å². The molecule has 1 aliphatic rings. The molecule has 86 valence electrons. The standard InChI is InChI=1S/C11H8ClN3O2/c12-8-1-2-9(7(3-8)4-13)15-5-10(16)14-11(17)6-15/h1-3H,5-6H2,(H,14,16,17). The van der Waals surface area contributed by atoms with Crippen LogP contribution in [0.2, 0.25) is 5.02 Å². The Morgan fingerprint density at radius 3 is 2.53 bits per heavy atom. The lowest BCUT2D eigenvalue weighted by atomic mass is 10.1. The molecular formula is C11H8ClN3O2. The summed E-state index contributed by atoms with van der Waals surface area (Å²) in [4.78, 5) is 24.0. The van der Waals surface area contributed by atoms with Gasteiger partial charge in [0.15, 0.2) is 0 Å². The zero-order chi connectivity index (χ0) is 12.4. The number of imide groups is 1. The van der Waals surface area contributed by atoms with Crippen LogP contribution < -0.4 is 10.2 Å². The molecule has 5 nitrogen and oxygen atoms in total. The van der Waals surface area contributed by atoms with Crippen molar-refractivity contribution in [2.45, 2.75) is 0 Å². The molecule has 0 aliphatic carbocycles. The first-order valence-electron chi connectivity index (χ1n) is 4.87. The second kappa shape index (κ2) is 4.44. The Morgan fingerprint density at radius 1 is 1.29 bits per heavy atom. The third-order valence-electron chi connectivity index (χ3n) is 2.37. The van der Waals surface area contributed by atoms with Crippen LogP contribution >= 0.6 is 11.6 Å². The average Bonchev–Trinajstić information content (AvgIpc) is 2.27. The van der Waals surface area contributed by atoms with Crippen molar-refractivity contribution in [3.05, 3.63) is 28.8 Å². The van der Waals surface area contributed by atoms with Gasteiger partial charge in [0.1, 0.15) is 6.07 Å². The van der Waals surface area contributed by atoms with E-state index in [9.17, 15) is 9.59 Å². The monoisotopic (exact) mass is 249 g/mol. The van der Waals surface area contributed by atoms with Gasteiger partial charge in [-0.15, -0.1) is 0 Å². The molecule has 2 amide bonds. The van der Waals surface area contributed by atoms with Crippen LogP contribution in [0.5, 0.6) is 0 Å². The Kier molecular flexibility index (Phi) is 2.98. The maximum absolute atomic E-state index is 11.2. The van der Waals surface area contributed by atoms with E-state index in [-0.39, 0.29) is 24.9 Å². The smallest absolute Gasteiger partial charge is 0.246 e. The van der Waals surface area contributed by atoms with Crippen molar-refractivity contribution in [1.29, 1.82) is 5.26 Å². The summed E-state index contributed by atoms with van der Waals surface area (Å²) in [6.07, 6.45) is 0. The molecule has 0 saturated carbocycles. The number of nitrogens with zero attached hydrogens (tertiary/aromatic N) is 2. The number of nitrogens with one attached hydrogen (secondary N) is 1. The Balaban J connectivity index is 2.37. The van der Waals surface area contributed by atoms with Gasteiger partial charge in [0.2, 0.25) is 11.8 Å². The molecule has 0 atom stereocenters. The van der Waals surface area contributed by atoms with Gasteiger partial charge in [0, 0.05) is 5.02 Å². The van der Waals surface area contributed by atoms with E-state index in [1.165, 1.54) is 6.07 Å². The summed E-state index contributed by atoms with van der Waals surface area (Å²) in [6.45, 7) is 0.115. The van der Waals surface area contributed by atoms with Crippen LogP contribution in [-0.4, -0.2) is 24.9 Å². The van der Waals surface area contributed by atoms with E-state index in [1.807, 2.05) is 6.07 Å². The summed E-state index contributed by atoms with van der Waals surface area (Å²) in [6, 6.07) is 6.75. The predicted molar refractivity (Wildman–Crippen MR) is 61.5 cm³/mol. The van der Waals surface area contributed by atoms with E-state index in [1.54, 1.807) is 17.0 Å². The highest BCUT2D eigenvalue weighted by molar-refractivity contribution is 6.30. The van der Waals surface area contributed by atoms with Gasteiger partial charge in [0.25, 0.3) is 0 Å². The summed E-state index contributed by atoms with van der Waals surface area (Å²) in [5.41, 5.74) is 0.889. The van der Waals surface area contributed by atoms with E-state index in [0.29, 0.717) is 16.3 Å². The van der Waals surface area contributed by atoms with Crippen LogP contribution in [0.1, 0.15) is 5.56 Å². The minimum absolute atomic E-state index is 0.0576. The zero-order valence-corrected chi connectivity index (χ0v) is 9.49. The van der Waals surface area contributed by atoms with Crippen LogP contribution in [0, 0.1) is 11.3 Å². The summed E-state index contributed by atoms with van der Waals surface area (Å²) in [5, 5.41) is 11.6. The minimum atomic E-state index is -0.375. The number of halogens is 1. The Labute approximate surface area is 103 Å². The Morgan fingerprint density at radius 2 is 1.94 bits per heavy atom. The molecule has 1 saturated heterocycles. The summed E-state index contributed by atoms with van der Waals surface area (Å²) < 4.78 is 0. The van der Waals surface area contributed by atoms with Crippen molar-refractivity contribution < 1.29 is 9.59 Å². The van der Waals surface area contributed by atoms with Gasteiger partial charge in [-0.05, 0) is 18.2 Å². The third-order valence-corrected chi connectivity index (χ3v) is 2.60. The number of benzene rings is 1. The van der Waals surface area contributed by atoms with Gasteiger partial charge in [-0.1, -0.05) is 11.6 Å². The lowest BCUT2D eigenvalue weighted by Crippen LogP contribution is -2.51. The normalized spacial score (nSPS) is 15.4. The lowest BCUT2D eigenvalue weighted by molar-refractivity contribution is -0.130. The molecule has 1 heterocycles. The van der Waals surface area contributed by atoms with Gasteiger partial charge in [-0.25, -0.2) is 0 Å². The average molecular weight is 250 g/mol. The van der Waals surface area contributed by atoms with Gasteiger partial charge in [0.05, 0.1) is 24.3 Å². The number of rotatable bonds is 1. The molecular weight excluding hydrogens is 242 g/mol. The summed E-state index contributed by atoms with van der Waals surface area (Å²) >= 11 is 5.78. The van der Waals surface area contributed by atoms with Crippen LogP contribution in [0.3, 0.4) is 0 Å². The fourth-order valence-electron chi connectivity index (χ4n) is 1.68. The maximum Gasteiger partial charge on any atom is 0.246 e. The molecule has 0 aromatic heterocycles. The lowest BCUT2D eigenvalue weighted by Gasteiger charge is -2.28. The summed E-state index contributed by atoms with van der Waals surface area (Å²) in [7, 11) is 0. The molecule has 1 aromatic rings. The second-order valence-electron chi connectivity index (χ2n) is 3.60. The molecule has 1 N–H and O–H groups in total. The Bertz CT molecular complexity index is 520. The summed E-state index contributed by atoms with van der Waals surface area (Å²) in [5.74, 6) is -0.750. The predicted octanol–water partition coefficient (Wildman–Crippen LogP) is 0.674. The molecule has 2 rings (SSSR count). The van der Waals surface area contributed by atoms with Gasteiger partial charge >= 0.3 is 0 Å². The SMILES string of the molecule is N#Cc1cc(Cl)ccc1N1CC(=O)NC(=O)C1. The van der Waals surface area contributed by atoms with Crippen molar-refractivity contribution in [3.63, 3.8) is 0 Å². The van der Waals surface area contributed by atoms with Crippen LogP contribution in [0.25, 0.3) is 0 Å². The second-order valence-corrected chi connectivity index (χ2v) is 4.04. The zero-order valence-electron chi connectivity index (χ0n) is 8.74. The molecule has 1 fully saturated rings. The first kappa shape index (κ1) is 11.4. The third kappa shape index (κ3) is 2.37. The van der Waals surface area contributed by atoms with Crippen molar-refractivity contribution >= 4 is 29.1 Å². The largest absolute Gasteiger partial charge is 0.352 e. The van der Waals surface area contributed by atoms with E-state index in [4.69, 9.17) is 16.9 Å². The van der Waals surface area contributed by atoms with Crippen LogP contribution in [0.4, 0.5) is 5.69 Å². The number of carbonyl (C=O) groups is 2. The quantitative estimate of drug-likeness (QED) is 0.743. The van der Waals surface area contributed by atoms with Crippen LogP contribution in [0.15, 0.2) is 18.2 Å². The number of hydrogen-bond donors (Lipinski definition) is 1. The van der Waals surface area contributed by atoms with E-state index in [2.05, 4.69) is 5.32 Å². The van der Waals surface area contributed by atoms with Crippen molar-refractivity contribution in [3.8, 4) is 6.07 Å². The minimum Gasteiger partial charge on any atom is -0.352 e. The van der Waals surface area contributed by atoms with Gasteiger partial charge in [-0.2, -0.15) is 5.26 Å². The highest BCUT2D eigenvalue weighted by Crippen LogP contribution is 2.24. The number of carbonyl (C=O) groups excluding carboxylic acids is 2. The van der Waals surface area contributed by atoms with Gasteiger partial charge in [-0.3, -0.25) is 14.9 Å². The molecule has 0 radical (unpaired) electrons. The number of piperazine rings is 1. The molecule has 0 spiro atoms. The fourth-order valence-corrected chi connectivity index (χ4v) is 1.85. The molecule has 0 bridgehead atoms. The van der Waals surface area contributed by atoms with Crippen LogP contribution in [-0.2, 0) is 9.59 Å². The van der Waals surface area contributed by atoms with Crippen molar-refractivity contribution in [2.24, 2.45) is 0 Å². The number of nitriles is 1. The number of amides is 2. The molecule has 17 heavy (non-hydrogen) atoms. The molecule has 1 aromatic carbocycles. The molecule has 1 aliphatic heterocycles. The van der Waals surface area contributed by atoms with Gasteiger partial charge < -0.3 is 4.90 Å².